The lowest BCUT2D eigenvalue weighted by atomic mass is 9.92. The molecule has 3 fully saturated rings. The van der Waals surface area contributed by atoms with Gasteiger partial charge >= 0.3 is 6.18 Å². The smallest absolute Gasteiger partial charge is 0.356 e. The minimum absolute atomic E-state index is 0.0574. The second-order valence-electron chi connectivity index (χ2n) is 13.2. The maximum atomic E-state index is 14.0. The molecule has 3 aliphatic heterocycles. The first-order valence-electron chi connectivity index (χ1n) is 16.4. The first kappa shape index (κ1) is 30.4. The molecule has 0 radical (unpaired) electrons. The van der Waals surface area contributed by atoms with E-state index in [2.05, 4.69) is 31.4 Å². The predicted octanol–water partition coefficient (Wildman–Crippen LogP) is 6.36. The standard InChI is InChI=1S/C35H30F3N7O3S/c36-35(37,38)30-23(8-5-12-39-30)28-29-31(45(42-28)27-9-3-4-14-48-27)41-26(16-40-29)43-13-10-24-25(17-43)34(24,20-11-15-49-18-20)19-44-32(46)21-6-1-2-7-22(21)33(44)47/h1-2,5-8,11-12,15-16,18,24-25,27H,3-4,9-10,13-14,17,19H2. The van der Waals surface area contributed by atoms with E-state index < -0.39 is 23.5 Å². The number of fused-ring (bicyclic) bond motifs is 3. The van der Waals surface area contributed by atoms with Gasteiger partial charge in [-0.05, 0) is 84.2 Å². The molecule has 0 N–H and O–H groups in total. The molecule has 0 spiro atoms. The van der Waals surface area contributed by atoms with Crippen molar-refractivity contribution in [3.63, 3.8) is 0 Å². The highest BCUT2D eigenvalue weighted by atomic mass is 32.1. The predicted molar refractivity (Wildman–Crippen MR) is 174 cm³/mol. The Morgan fingerprint density at radius 2 is 1.76 bits per heavy atom. The molecule has 10 nitrogen and oxygen atoms in total. The summed E-state index contributed by atoms with van der Waals surface area (Å²) in [5.74, 6) is 0.471. The van der Waals surface area contributed by atoms with E-state index in [4.69, 9.17) is 9.72 Å². The Morgan fingerprint density at radius 3 is 2.47 bits per heavy atom. The van der Waals surface area contributed by atoms with E-state index in [-0.39, 0.29) is 40.4 Å². The molecule has 49 heavy (non-hydrogen) atoms. The van der Waals surface area contributed by atoms with Crippen LogP contribution in [0.4, 0.5) is 19.0 Å². The Kier molecular flexibility index (Phi) is 6.92. The van der Waals surface area contributed by atoms with Gasteiger partial charge in [-0.15, -0.1) is 0 Å². The van der Waals surface area contributed by atoms with Gasteiger partial charge in [0.2, 0.25) is 0 Å². The van der Waals surface area contributed by atoms with E-state index in [1.54, 1.807) is 46.5 Å². The van der Waals surface area contributed by atoms with Crippen LogP contribution < -0.4 is 4.90 Å². The summed E-state index contributed by atoms with van der Waals surface area (Å²) in [6, 6.07) is 11.9. The lowest BCUT2D eigenvalue weighted by molar-refractivity contribution is -0.140. The number of thiophene rings is 1. The number of aromatic nitrogens is 5. The molecule has 1 aliphatic carbocycles. The van der Waals surface area contributed by atoms with Crippen molar-refractivity contribution in [3.05, 3.63) is 88.0 Å². The molecular weight excluding hydrogens is 655 g/mol. The summed E-state index contributed by atoms with van der Waals surface area (Å²) in [7, 11) is 0. The van der Waals surface area contributed by atoms with Crippen molar-refractivity contribution in [3.8, 4) is 11.3 Å². The summed E-state index contributed by atoms with van der Waals surface area (Å²) in [6.45, 7) is 2.09. The summed E-state index contributed by atoms with van der Waals surface area (Å²) in [5, 5.41) is 8.80. The normalized spacial score (nSPS) is 25.2. The van der Waals surface area contributed by atoms with Crippen LogP contribution in [0.1, 0.15) is 63.9 Å². The second kappa shape index (κ2) is 11.2. The zero-order valence-corrected chi connectivity index (χ0v) is 27.0. The Morgan fingerprint density at radius 1 is 0.959 bits per heavy atom. The largest absolute Gasteiger partial charge is 0.434 e. The van der Waals surface area contributed by atoms with Crippen molar-refractivity contribution in [2.45, 2.75) is 43.5 Å². The number of amides is 2. The number of nitrogens with zero attached hydrogens (tertiary/aromatic N) is 7. The van der Waals surface area contributed by atoms with Crippen molar-refractivity contribution < 1.29 is 27.5 Å². The van der Waals surface area contributed by atoms with Crippen LogP contribution in [-0.4, -0.2) is 67.7 Å². The van der Waals surface area contributed by atoms with Gasteiger partial charge in [-0.1, -0.05) is 12.1 Å². The van der Waals surface area contributed by atoms with Gasteiger partial charge in [-0.2, -0.15) is 29.6 Å². The van der Waals surface area contributed by atoms with Gasteiger partial charge in [0.15, 0.2) is 17.6 Å². The van der Waals surface area contributed by atoms with Gasteiger partial charge in [-0.3, -0.25) is 19.5 Å². The number of anilines is 1. The van der Waals surface area contributed by atoms with Gasteiger partial charge < -0.3 is 9.64 Å². The lowest BCUT2D eigenvalue weighted by Crippen LogP contribution is -2.39. The van der Waals surface area contributed by atoms with Gasteiger partial charge in [0.1, 0.15) is 17.0 Å². The zero-order valence-electron chi connectivity index (χ0n) is 26.1. The highest BCUT2D eigenvalue weighted by Crippen LogP contribution is 2.64. The van der Waals surface area contributed by atoms with Crippen LogP contribution in [0.2, 0.25) is 0 Å². The number of rotatable bonds is 6. The number of carbonyl (C=O) groups is 2. The van der Waals surface area contributed by atoms with Gasteiger partial charge in [0.25, 0.3) is 11.8 Å². The Labute approximate surface area is 282 Å². The molecule has 7 heterocycles. The highest BCUT2D eigenvalue weighted by molar-refractivity contribution is 7.08. The number of piperidine rings is 1. The fourth-order valence-corrected chi connectivity index (χ4v) is 9.03. The van der Waals surface area contributed by atoms with E-state index in [9.17, 15) is 22.8 Å². The molecule has 2 saturated heterocycles. The highest BCUT2D eigenvalue weighted by Gasteiger charge is 2.68. The zero-order chi connectivity index (χ0) is 33.5. The van der Waals surface area contributed by atoms with Gasteiger partial charge in [0, 0.05) is 43.4 Å². The monoisotopic (exact) mass is 685 g/mol. The van der Waals surface area contributed by atoms with Crippen molar-refractivity contribution in [1.29, 1.82) is 0 Å². The van der Waals surface area contributed by atoms with Crippen molar-refractivity contribution in [1.82, 2.24) is 29.6 Å². The van der Waals surface area contributed by atoms with Crippen molar-refractivity contribution in [2.75, 3.05) is 31.1 Å². The summed E-state index contributed by atoms with van der Waals surface area (Å²) in [6.07, 6.45) is 0.790. The van der Waals surface area contributed by atoms with Gasteiger partial charge in [0.05, 0.1) is 17.3 Å². The first-order chi connectivity index (χ1) is 23.8. The summed E-state index contributed by atoms with van der Waals surface area (Å²) < 4.78 is 49.7. The van der Waals surface area contributed by atoms with Crippen molar-refractivity contribution >= 4 is 40.1 Å². The van der Waals surface area contributed by atoms with Crippen LogP contribution in [0.25, 0.3) is 22.4 Å². The van der Waals surface area contributed by atoms with Crippen LogP contribution in [0, 0.1) is 11.8 Å². The number of ether oxygens (including phenoxy) is 1. The molecular formula is C35H30F3N7O3S. The topological polar surface area (TPSA) is 106 Å². The Bertz CT molecular complexity index is 2080. The second-order valence-corrected chi connectivity index (χ2v) is 13.9. The SMILES string of the molecule is O=C1c2ccccc2C(=O)N1CC1(c2ccsc2)C2CCN(c3cnc4c(-c5cccnc5C(F)(F)F)nn(C5CCCCO5)c4n3)CC21. The van der Waals surface area contributed by atoms with Crippen LogP contribution in [0.3, 0.4) is 0 Å². The van der Waals surface area contributed by atoms with Crippen LogP contribution in [-0.2, 0) is 16.3 Å². The third-order valence-corrected chi connectivity index (χ3v) is 11.3. The molecule has 5 aromatic rings. The quantitative estimate of drug-likeness (QED) is 0.190. The molecule has 250 valence electrons. The fourth-order valence-electron chi connectivity index (χ4n) is 8.29. The third kappa shape index (κ3) is 4.71. The maximum Gasteiger partial charge on any atom is 0.434 e. The van der Waals surface area contributed by atoms with Crippen LogP contribution >= 0.6 is 11.3 Å². The molecule has 9 rings (SSSR count). The minimum Gasteiger partial charge on any atom is -0.356 e. The lowest BCUT2D eigenvalue weighted by Gasteiger charge is -2.27. The first-order valence-corrected chi connectivity index (χ1v) is 17.3. The number of imide groups is 1. The minimum atomic E-state index is -4.68. The summed E-state index contributed by atoms with van der Waals surface area (Å²) in [4.78, 5) is 43.8. The number of hydrogen-bond acceptors (Lipinski definition) is 9. The Hall–Kier alpha value is -4.69. The number of halogens is 3. The molecule has 1 saturated carbocycles. The van der Waals surface area contributed by atoms with E-state index in [0.29, 0.717) is 55.3 Å². The molecule has 4 unspecified atom stereocenters. The average Bonchev–Trinajstić information content (AvgIpc) is 3.50. The molecule has 4 atom stereocenters. The average molecular weight is 686 g/mol. The van der Waals surface area contributed by atoms with Crippen LogP contribution in [0.5, 0.6) is 0 Å². The van der Waals surface area contributed by atoms with Gasteiger partial charge in [-0.25, -0.2) is 14.6 Å². The molecule has 0 bridgehead atoms. The number of hydrogen-bond donors (Lipinski definition) is 0. The molecule has 1 aromatic carbocycles. The number of alkyl halides is 3. The van der Waals surface area contributed by atoms with Crippen LogP contribution in [0.15, 0.2) is 65.6 Å². The van der Waals surface area contributed by atoms with E-state index >= 15 is 0 Å². The molecule has 14 heteroatoms. The fraction of sp³-hybridized carbons (Fsp3) is 0.371. The van der Waals surface area contributed by atoms with Crippen molar-refractivity contribution in [2.24, 2.45) is 11.8 Å². The van der Waals surface area contributed by atoms with E-state index in [1.807, 2.05) is 5.38 Å². The number of carbonyl (C=O) groups excluding carboxylic acids is 2. The number of pyridine rings is 1. The maximum absolute atomic E-state index is 14.0. The number of benzene rings is 1. The summed E-state index contributed by atoms with van der Waals surface area (Å²) in [5.41, 5.74) is 1.07. The molecule has 4 aromatic heterocycles. The summed E-state index contributed by atoms with van der Waals surface area (Å²) >= 11 is 1.59. The third-order valence-electron chi connectivity index (χ3n) is 10.7. The molecule has 4 aliphatic rings. The molecule has 2 amide bonds. The van der Waals surface area contributed by atoms with E-state index in [1.165, 1.54) is 17.0 Å². The Balaban J connectivity index is 1.07. The van der Waals surface area contributed by atoms with E-state index in [0.717, 1.165) is 31.0 Å².